The number of morpholine rings is 1. The van der Waals surface area contributed by atoms with E-state index in [1.165, 1.54) is 22.5 Å². The van der Waals surface area contributed by atoms with Crippen LogP contribution < -0.4 is 5.32 Å². The van der Waals surface area contributed by atoms with Gasteiger partial charge in [-0.05, 0) is 29.8 Å². The smallest absolute Gasteiger partial charge is 0.331 e. The molecule has 0 spiro atoms. The van der Waals surface area contributed by atoms with Gasteiger partial charge in [0.15, 0.2) is 0 Å². The highest BCUT2D eigenvalue weighted by Gasteiger charge is 2.28. The minimum atomic E-state index is -3.74. The van der Waals surface area contributed by atoms with Gasteiger partial charge in [0, 0.05) is 30.4 Å². The molecule has 8 nitrogen and oxygen atoms in total. The van der Waals surface area contributed by atoms with Gasteiger partial charge in [0.05, 0.1) is 18.1 Å². The highest BCUT2D eigenvalue weighted by molar-refractivity contribution is 7.89. The predicted molar refractivity (Wildman–Crippen MR) is 135 cm³/mol. The first-order valence-corrected chi connectivity index (χ1v) is 12.8. The normalized spacial score (nSPS) is 15.3. The zero-order chi connectivity index (χ0) is 25.4. The van der Waals surface area contributed by atoms with Gasteiger partial charge in [0.1, 0.15) is 0 Å². The summed E-state index contributed by atoms with van der Waals surface area (Å²) in [6.07, 6.45) is 1.62. The molecule has 1 amide bonds. The van der Waals surface area contributed by atoms with Crippen molar-refractivity contribution in [2.45, 2.75) is 11.0 Å². The van der Waals surface area contributed by atoms with Crippen LogP contribution in [0.1, 0.15) is 17.2 Å². The zero-order valence-electron chi connectivity index (χ0n) is 19.4. The van der Waals surface area contributed by atoms with Crippen molar-refractivity contribution in [1.82, 2.24) is 4.31 Å². The number of hydrogen-bond donors (Lipinski definition) is 1. The van der Waals surface area contributed by atoms with Crippen LogP contribution in [-0.2, 0) is 29.1 Å². The number of nitrogens with one attached hydrogen (secondary N) is 1. The third kappa shape index (κ3) is 6.45. The second kappa shape index (κ2) is 11.8. The number of hydrogen-bond acceptors (Lipinski definition) is 6. The quantitative estimate of drug-likeness (QED) is 0.370. The van der Waals surface area contributed by atoms with Crippen LogP contribution in [0.3, 0.4) is 0 Å². The van der Waals surface area contributed by atoms with Crippen LogP contribution in [0.2, 0.25) is 0 Å². The molecule has 1 heterocycles. The molecule has 0 bridgehead atoms. The number of carbonyl (C=O) groups excluding carboxylic acids is 2. The first kappa shape index (κ1) is 25.3. The number of amides is 1. The van der Waals surface area contributed by atoms with E-state index in [1.54, 1.807) is 48.5 Å². The van der Waals surface area contributed by atoms with E-state index >= 15 is 0 Å². The van der Waals surface area contributed by atoms with Gasteiger partial charge in [-0.25, -0.2) is 13.2 Å². The summed E-state index contributed by atoms with van der Waals surface area (Å²) in [6.45, 7) is 1.19. The second-order valence-electron chi connectivity index (χ2n) is 8.01. The van der Waals surface area contributed by atoms with Crippen molar-refractivity contribution in [2.75, 3.05) is 31.6 Å². The molecule has 186 valence electrons. The number of esters is 1. The molecule has 1 N–H and O–H groups in total. The highest BCUT2D eigenvalue weighted by atomic mass is 32.2. The van der Waals surface area contributed by atoms with Crippen LogP contribution >= 0.6 is 0 Å². The minimum Gasteiger partial charge on any atom is -0.444 e. The van der Waals surface area contributed by atoms with E-state index in [0.717, 1.165) is 5.56 Å². The average Bonchev–Trinajstić information content (AvgIpc) is 2.92. The van der Waals surface area contributed by atoms with Gasteiger partial charge >= 0.3 is 5.97 Å². The van der Waals surface area contributed by atoms with Crippen molar-refractivity contribution >= 4 is 33.7 Å². The van der Waals surface area contributed by atoms with E-state index in [1.807, 2.05) is 30.3 Å². The SMILES string of the molecule is O=C(C=Cc1ccccc1)OC(C(=O)Nc1cccc(S(=O)(=O)N2CCOCC2)c1)c1ccccc1. The van der Waals surface area contributed by atoms with E-state index in [-0.39, 0.29) is 23.7 Å². The Morgan fingerprint density at radius 2 is 1.58 bits per heavy atom. The van der Waals surface area contributed by atoms with Crippen LogP contribution in [0.15, 0.2) is 95.9 Å². The molecule has 3 aromatic rings. The van der Waals surface area contributed by atoms with Crippen molar-refractivity contribution < 1.29 is 27.5 Å². The lowest BCUT2D eigenvalue weighted by atomic mass is 10.1. The number of sulfonamides is 1. The summed E-state index contributed by atoms with van der Waals surface area (Å²) in [7, 11) is -3.74. The molecule has 1 atom stereocenters. The molecule has 1 aliphatic rings. The van der Waals surface area contributed by atoms with E-state index in [2.05, 4.69) is 5.32 Å². The fourth-order valence-electron chi connectivity index (χ4n) is 3.66. The van der Waals surface area contributed by atoms with Gasteiger partial charge < -0.3 is 14.8 Å². The topological polar surface area (TPSA) is 102 Å². The lowest BCUT2D eigenvalue weighted by Crippen LogP contribution is -2.40. The van der Waals surface area contributed by atoms with Crippen molar-refractivity contribution in [3.8, 4) is 0 Å². The molecular weight excluding hydrogens is 480 g/mol. The molecule has 0 radical (unpaired) electrons. The fraction of sp³-hybridized carbons (Fsp3) is 0.185. The van der Waals surface area contributed by atoms with E-state index < -0.39 is 28.0 Å². The molecule has 0 aliphatic carbocycles. The van der Waals surface area contributed by atoms with Crippen molar-refractivity contribution in [3.63, 3.8) is 0 Å². The molecule has 9 heteroatoms. The number of anilines is 1. The number of ether oxygens (including phenoxy) is 2. The molecule has 4 rings (SSSR count). The highest BCUT2D eigenvalue weighted by Crippen LogP contribution is 2.24. The Bertz CT molecular complexity index is 1320. The molecule has 3 aromatic carbocycles. The number of benzene rings is 3. The predicted octanol–water partition coefficient (Wildman–Crippen LogP) is 3.64. The maximum Gasteiger partial charge on any atom is 0.331 e. The Morgan fingerprint density at radius 3 is 2.28 bits per heavy atom. The first-order valence-electron chi connectivity index (χ1n) is 11.4. The molecule has 36 heavy (non-hydrogen) atoms. The molecule has 0 aromatic heterocycles. The Labute approximate surface area is 210 Å². The van der Waals surface area contributed by atoms with Crippen LogP contribution in [0.4, 0.5) is 5.69 Å². The van der Waals surface area contributed by atoms with Gasteiger partial charge in [-0.2, -0.15) is 4.31 Å². The maximum absolute atomic E-state index is 13.2. The summed E-state index contributed by atoms with van der Waals surface area (Å²) in [5.41, 5.74) is 1.56. The molecule has 1 fully saturated rings. The Morgan fingerprint density at radius 1 is 0.917 bits per heavy atom. The third-order valence-electron chi connectivity index (χ3n) is 5.50. The minimum absolute atomic E-state index is 0.0567. The third-order valence-corrected chi connectivity index (χ3v) is 7.39. The lowest BCUT2D eigenvalue weighted by Gasteiger charge is -2.26. The summed E-state index contributed by atoms with van der Waals surface area (Å²) in [4.78, 5) is 25.8. The van der Waals surface area contributed by atoms with E-state index in [9.17, 15) is 18.0 Å². The number of rotatable bonds is 8. The summed E-state index contributed by atoms with van der Waals surface area (Å²) in [6, 6.07) is 23.8. The average molecular weight is 507 g/mol. The van der Waals surface area contributed by atoms with Gasteiger partial charge in [0.25, 0.3) is 5.91 Å². The summed E-state index contributed by atoms with van der Waals surface area (Å²) >= 11 is 0. The second-order valence-corrected chi connectivity index (χ2v) is 9.94. The Hall–Kier alpha value is -3.79. The number of carbonyl (C=O) groups is 2. The standard InChI is InChI=1S/C27H26N2O6S/c30-25(15-14-21-8-3-1-4-9-21)35-26(22-10-5-2-6-11-22)27(31)28-23-12-7-13-24(20-23)36(32,33)29-16-18-34-19-17-29/h1-15,20,26H,16-19H2,(H,28,31). The van der Waals surface area contributed by atoms with E-state index in [4.69, 9.17) is 9.47 Å². The van der Waals surface area contributed by atoms with Crippen molar-refractivity contribution in [3.05, 3.63) is 102 Å². The van der Waals surface area contributed by atoms with Crippen LogP contribution in [0, 0.1) is 0 Å². The first-order chi connectivity index (χ1) is 17.4. The van der Waals surface area contributed by atoms with Crippen molar-refractivity contribution in [1.29, 1.82) is 0 Å². The largest absolute Gasteiger partial charge is 0.444 e. The van der Waals surface area contributed by atoms with Crippen LogP contribution in [-0.4, -0.2) is 50.9 Å². The fourth-order valence-corrected chi connectivity index (χ4v) is 5.12. The Balaban J connectivity index is 1.51. The molecule has 1 saturated heterocycles. The summed E-state index contributed by atoms with van der Waals surface area (Å²) in [5, 5.41) is 2.69. The summed E-state index contributed by atoms with van der Waals surface area (Å²) in [5.74, 6) is -1.30. The van der Waals surface area contributed by atoms with Crippen LogP contribution in [0.25, 0.3) is 6.08 Å². The molecule has 1 aliphatic heterocycles. The molecular formula is C27H26N2O6S. The van der Waals surface area contributed by atoms with Gasteiger partial charge in [-0.1, -0.05) is 66.7 Å². The van der Waals surface area contributed by atoms with Gasteiger partial charge in [0.2, 0.25) is 16.1 Å². The molecule has 0 saturated carbocycles. The van der Waals surface area contributed by atoms with Gasteiger partial charge in [-0.15, -0.1) is 0 Å². The van der Waals surface area contributed by atoms with Crippen molar-refractivity contribution in [2.24, 2.45) is 0 Å². The number of nitrogens with zero attached hydrogens (tertiary/aromatic N) is 1. The molecule has 1 unspecified atom stereocenters. The zero-order valence-corrected chi connectivity index (χ0v) is 20.3. The monoisotopic (exact) mass is 506 g/mol. The van der Waals surface area contributed by atoms with E-state index in [0.29, 0.717) is 18.8 Å². The van der Waals surface area contributed by atoms with Crippen LogP contribution in [0.5, 0.6) is 0 Å². The van der Waals surface area contributed by atoms with Gasteiger partial charge in [-0.3, -0.25) is 4.79 Å². The summed E-state index contributed by atoms with van der Waals surface area (Å²) < 4.78 is 38.1. The Kier molecular flexibility index (Phi) is 8.27. The lowest BCUT2D eigenvalue weighted by molar-refractivity contribution is -0.149. The maximum atomic E-state index is 13.2.